The van der Waals surface area contributed by atoms with Crippen LogP contribution in [0.5, 0.6) is 5.75 Å². The molecule has 0 radical (unpaired) electrons. The topological polar surface area (TPSA) is 101 Å². The molecule has 0 amide bonds. The summed E-state index contributed by atoms with van der Waals surface area (Å²) >= 11 is 0. The predicted octanol–water partition coefficient (Wildman–Crippen LogP) is 7.77. The smallest absolute Gasteiger partial charge is 0.349 e. The van der Waals surface area contributed by atoms with Gasteiger partial charge in [0.1, 0.15) is 16.9 Å². The Morgan fingerprint density at radius 2 is 1.35 bits per heavy atom. The number of hydrogen-bond donors (Lipinski definition) is 2. The number of nitrogens with one attached hydrogen (secondary N) is 1. The molecular formula is C31H39NO5. The molecular weight excluding hydrogens is 466 g/mol. The molecule has 3 rings (SSSR count). The fourth-order valence-electron chi connectivity index (χ4n) is 4.46. The van der Waals surface area contributed by atoms with Crippen molar-refractivity contribution in [2.75, 3.05) is 6.61 Å². The average molecular weight is 506 g/mol. The van der Waals surface area contributed by atoms with Gasteiger partial charge < -0.3 is 14.3 Å². The second-order valence-corrected chi connectivity index (χ2v) is 9.59. The summed E-state index contributed by atoms with van der Waals surface area (Å²) in [6, 6.07) is 12.9. The van der Waals surface area contributed by atoms with Gasteiger partial charge in [0.15, 0.2) is 0 Å². The largest absolute Gasteiger partial charge is 0.506 e. The molecule has 37 heavy (non-hydrogen) atoms. The summed E-state index contributed by atoms with van der Waals surface area (Å²) in [4.78, 5) is 24.8. The number of benzene rings is 2. The molecule has 2 aromatic carbocycles. The standard InChI is InChI=1S/C31H39NO5/c1-2-3-4-5-6-7-8-9-10-11-12-15-22-36-30(34)24-20-18-23(19-21-24)28(32)27-29(33)25-16-13-14-17-26(25)37-31(27)35/h13-14,16-21,32-33H,2-12,15,22H2,1H3. The zero-order valence-electron chi connectivity index (χ0n) is 21.9. The van der Waals surface area contributed by atoms with E-state index < -0.39 is 11.6 Å². The summed E-state index contributed by atoms with van der Waals surface area (Å²) in [6.07, 6.45) is 15.0. The molecule has 0 unspecified atom stereocenters. The van der Waals surface area contributed by atoms with E-state index in [1.54, 1.807) is 48.5 Å². The molecule has 0 saturated heterocycles. The monoisotopic (exact) mass is 505 g/mol. The van der Waals surface area contributed by atoms with Crippen molar-refractivity contribution in [2.24, 2.45) is 0 Å². The normalized spacial score (nSPS) is 11.1. The van der Waals surface area contributed by atoms with Gasteiger partial charge in [-0.3, -0.25) is 5.41 Å². The zero-order valence-corrected chi connectivity index (χ0v) is 21.9. The molecule has 2 N–H and O–H groups in total. The van der Waals surface area contributed by atoms with Gasteiger partial charge in [0.25, 0.3) is 0 Å². The number of carbonyl (C=O) groups is 1. The Labute approximate surface area is 219 Å². The van der Waals surface area contributed by atoms with Crippen LogP contribution in [0.3, 0.4) is 0 Å². The van der Waals surface area contributed by atoms with Crippen LogP contribution >= 0.6 is 0 Å². The maximum atomic E-state index is 12.4. The van der Waals surface area contributed by atoms with Gasteiger partial charge in [0.2, 0.25) is 0 Å². The van der Waals surface area contributed by atoms with Crippen molar-refractivity contribution in [1.82, 2.24) is 0 Å². The molecule has 0 spiro atoms. The molecule has 3 aromatic rings. The minimum absolute atomic E-state index is 0.173. The van der Waals surface area contributed by atoms with Crippen molar-refractivity contribution in [1.29, 1.82) is 5.41 Å². The highest BCUT2D eigenvalue weighted by atomic mass is 16.5. The maximum Gasteiger partial charge on any atom is 0.349 e. The first-order chi connectivity index (χ1) is 18.0. The molecule has 1 aromatic heterocycles. The van der Waals surface area contributed by atoms with Crippen molar-refractivity contribution in [3.63, 3.8) is 0 Å². The van der Waals surface area contributed by atoms with Crippen LogP contribution in [0.4, 0.5) is 0 Å². The summed E-state index contributed by atoms with van der Waals surface area (Å²) in [6.45, 7) is 2.64. The molecule has 0 saturated carbocycles. The minimum atomic E-state index is -0.785. The predicted molar refractivity (Wildman–Crippen MR) is 148 cm³/mol. The lowest BCUT2D eigenvalue weighted by Gasteiger charge is -2.09. The molecule has 0 atom stereocenters. The molecule has 0 fully saturated rings. The SMILES string of the molecule is CCCCCCCCCCCCCCOC(=O)c1ccc(C(=N)c2c(O)c3ccccc3oc2=O)cc1. The lowest BCUT2D eigenvalue weighted by Crippen LogP contribution is -2.15. The van der Waals surface area contributed by atoms with E-state index in [4.69, 9.17) is 14.6 Å². The number of esters is 1. The second-order valence-electron chi connectivity index (χ2n) is 9.59. The van der Waals surface area contributed by atoms with Crippen LogP contribution in [-0.4, -0.2) is 23.4 Å². The summed E-state index contributed by atoms with van der Waals surface area (Å²) in [5, 5.41) is 19.4. The van der Waals surface area contributed by atoms with Crippen LogP contribution in [0, 0.1) is 5.41 Å². The van der Waals surface area contributed by atoms with Crippen LogP contribution in [0.25, 0.3) is 11.0 Å². The van der Waals surface area contributed by atoms with Gasteiger partial charge in [-0.15, -0.1) is 0 Å². The van der Waals surface area contributed by atoms with Crippen molar-refractivity contribution >= 4 is 22.7 Å². The van der Waals surface area contributed by atoms with Crippen molar-refractivity contribution < 1.29 is 19.1 Å². The molecule has 1 heterocycles. The zero-order chi connectivity index (χ0) is 26.5. The Morgan fingerprint density at radius 3 is 1.97 bits per heavy atom. The highest BCUT2D eigenvalue weighted by Gasteiger charge is 2.19. The van der Waals surface area contributed by atoms with E-state index in [1.807, 2.05) is 0 Å². The van der Waals surface area contributed by atoms with E-state index >= 15 is 0 Å². The van der Waals surface area contributed by atoms with E-state index in [0.717, 1.165) is 12.8 Å². The third-order valence-corrected chi connectivity index (χ3v) is 6.68. The number of ether oxygens (including phenoxy) is 1. The van der Waals surface area contributed by atoms with E-state index in [-0.39, 0.29) is 22.6 Å². The molecule has 0 bridgehead atoms. The number of rotatable bonds is 16. The maximum absolute atomic E-state index is 12.4. The number of para-hydroxylation sites is 1. The number of hydrogen-bond acceptors (Lipinski definition) is 6. The van der Waals surface area contributed by atoms with Crippen LogP contribution in [0.1, 0.15) is 105 Å². The number of unbranched alkanes of at least 4 members (excludes halogenated alkanes) is 11. The van der Waals surface area contributed by atoms with E-state index in [9.17, 15) is 14.7 Å². The first kappa shape index (κ1) is 28.2. The van der Waals surface area contributed by atoms with Gasteiger partial charge in [-0.1, -0.05) is 102 Å². The molecule has 6 heteroatoms. The Hall–Kier alpha value is -3.41. The molecule has 0 aliphatic rings. The second kappa shape index (κ2) is 15.0. The molecule has 6 nitrogen and oxygen atoms in total. The van der Waals surface area contributed by atoms with Gasteiger partial charge in [-0.25, -0.2) is 9.59 Å². The highest BCUT2D eigenvalue weighted by Crippen LogP contribution is 2.27. The molecule has 0 aliphatic carbocycles. The first-order valence-electron chi connectivity index (χ1n) is 13.6. The quantitative estimate of drug-likeness (QED) is 0.0896. The summed E-state index contributed by atoms with van der Waals surface area (Å²) in [5.74, 6) is -0.697. The third-order valence-electron chi connectivity index (χ3n) is 6.68. The highest BCUT2D eigenvalue weighted by molar-refractivity contribution is 6.14. The Morgan fingerprint density at radius 1 is 0.811 bits per heavy atom. The summed E-state index contributed by atoms with van der Waals surface area (Å²) in [7, 11) is 0. The molecule has 0 aliphatic heterocycles. The lowest BCUT2D eigenvalue weighted by molar-refractivity contribution is 0.0497. The van der Waals surface area contributed by atoms with Gasteiger partial charge in [-0.2, -0.15) is 0 Å². The Kier molecular flexibility index (Phi) is 11.4. The third kappa shape index (κ3) is 8.31. The first-order valence-corrected chi connectivity index (χ1v) is 13.6. The van der Waals surface area contributed by atoms with Crippen LogP contribution < -0.4 is 5.63 Å². The summed E-state index contributed by atoms with van der Waals surface area (Å²) < 4.78 is 10.7. The molecule has 198 valence electrons. The Bertz CT molecular complexity index is 1210. The van der Waals surface area contributed by atoms with Crippen molar-refractivity contribution in [3.8, 4) is 5.75 Å². The fourth-order valence-corrected chi connectivity index (χ4v) is 4.46. The number of fused-ring (bicyclic) bond motifs is 1. The van der Waals surface area contributed by atoms with Gasteiger partial charge >= 0.3 is 11.6 Å². The van der Waals surface area contributed by atoms with E-state index in [0.29, 0.717) is 23.1 Å². The summed E-state index contributed by atoms with van der Waals surface area (Å²) in [5.41, 5.74) is -0.144. The lowest BCUT2D eigenvalue weighted by atomic mass is 10.0. The van der Waals surface area contributed by atoms with Gasteiger partial charge in [0.05, 0.1) is 23.3 Å². The number of aromatic hydroxyl groups is 1. The van der Waals surface area contributed by atoms with Crippen molar-refractivity contribution in [3.05, 3.63) is 75.6 Å². The minimum Gasteiger partial charge on any atom is -0.506 e. The van der Waals surface area contributed by atoms with Crippen LogP contribution in [0.15, 0.2) is 57.7 Å². The van der Waals surface area contributed by atoms with Gasteiger partial charge in [-0.05, 0) is 30.7 Å². The van der Waals surface area contributed by atoms with Crippen LogP contribution in [0.2, 0.25) is 0 Å². The average Bonchev–Trinajstić information content (AvgIpc) is 2.91. The van der Waals surface area contributed by atoms with Crippen LogP contribution in [-0.2, 0) is 4.74 Å². The van der Waals surface area contributed by atoms with E-state index in [1.165, 1.54) is 64.2 Å². The Balaban J connectivity index is 1.39. The van der Waals surface area contributed by atoms with Crippen molar-refractivity contribution in [2.45, 2.75) is 84.0 Å². The number of carbonyl (C=O) groups excluding carboxylic acids is 1. The van der Waals surface area contributed by atoms with E-state index in [2.05, 4.69) is 6.92 Å². The fraction of sp³-hybridized carbons (Fsp3) is 0.452. The van der Waals surface area contributed by atoms with Gasteiger partial charge in [0, 0.05) is 5.56 Å².